The van der Waals surface area contributed by atoms with E-state index in [1.54, 1.807) is 6.92 Å². The number of nitriles is 1. The number of ether oxygens (including phenoxy) is 1. The number of hydrogen-bond acceptors (Lipinski definition) is 5. The second kappa shape index (κ2) is 11.6. The molecule has 0 heterocycles. The molecule has 1 aromatic carbocycles. The molecule has 8 heteroatoms. The molecule has 3 amide bonds. The summed E-state index contributed by atoms with van der Waals surface area (Å²) in [6.45, 7) is 5.51. The van der Waals surface area contributed by atoms with Gasteiger partial charge in [-0.25, -0.2) is 4.79 Å². The van der Waals surface area contributed by atoms with Crippen LogP contribution in [0, 0.1) is 23.2 Å². The number of rotatable bonds is 10. The van der Waals surface area contributed by atoms with E-state index in [9.17, 15) is 14.4 Å². The lowest BCUT2D eigenvalue weighted by molar-refractivity contribution is -0.129. The fraction of sp³-hybridized carbons (Fsp3) is 0.500. The van der Waals surface area contributed by atoms with Crippen molar-refractivity contribution in [3.63, 3.8) is 0 Å². The van der Waals surface area contributed by atoms with Gasteiger partial charge < -0.3 is 21.1 Å². The van der Waals surface area contributed by atoms with E-state index in [0.29, 0.717) is 6.42 Å². The van der Waals surface area contributed by atoms with Crippen molar-refractivity contribution in [2.24, 2.45) is 17.6 Å². The van der Waals surface area contributed by atoms with Crippen LogP contribution in [0.4, 0.5) is 4.79 Å². The third-order valence-corrected chi connectivity index (χ3v) is 4.00. The average molecular weight is 388 g/mol. The van der Waals surface area contributed by atoms with E-state index in [1.807, 2.05) is 50.2 Å². The Balaban J connectivity index is 2.71. The number of amides is 3. The molecule has 28 heavy (non-hydrogen) atoms. The van der Waals surface area contributed by atoms with Crippen LogP contribution in [0.1, 0.15) is 39.2 Å². The third kappa shape index (κ3) is 8.54. The molecule has 4 N–H and O–H groups in total. The highest BCUT2D eigenvalue weighted by Gasteiger charge is 2.27. The quantitative estimate of drug-likeness (QED) is 0.562. The summed E-state index contributed by atoms with van der Waals surface area (Å²) >= 11 is 0. The summed E-state index contributed by atoms with van der Waals surface area (Å²) in [6, 6.07) is 9.28. The molecule has 0 radical (unpaired) electrons. The Morgan fingerprint density at radius 3 is 2.25 bits per heavy atom. The maximum absolute atomic E-state index is 12.6. The lowest BCUT2D eigenvalue weighted by atomic mass is 10.00. The summed E-state index contributed by atoms with van der Waals surface area (Å²) in [7, 11) is 0. The standard InChI is InChI=1S/C20H28N4O4/c1-13(2)9-17(19(26)23-16(18(22)25)10-14(3)11-21)24-20(27)28-12-15-7-5-4-6-8-15/h4-8,13-14,16-17H,9-10,12H2,1-3H3,(H2,22,25)(H,23,26)(H,24,27)/t14-,16-,17+/m1/s1. The summed E-state index contributed by atoms with van der Waals surface area (Å²) in [5.74, 6) is -1.62. The van der Waals surface area contributed by atoms with Gasteiger partial charge in [-0.1, -0.05) is 44.2 Å². The summed E-state index contributed by atoms with van der Waals surface area (Å²) in [5, 5.41) is 14.0. The van der Waals surface area contributed by atoms with Crippen LogP contribution in [-0.4, -0.2) is 30.0 Å². The molecule has 3 atom stereocenters. The number of primary amides is 1. The van der Waals surface area contributed by atoms with Gasteiger partial charge in [-0.2, -0.15) is 5.26 Å². The highest BCUT2D eigenvalue weighted by atomic mass is 16.5. The fourth-order valence-electron chi connectivity index (χ4n) is 2.53. The van der Waals surface area contributed by atoms with Crippen LogP contribution < -0.4 is 16.4 Å². The number of carbonyl (C=O) groups excluding carboxylic acids is 3. The Bertz CT molecular complexity index is 700. The number of nitrogens with two attached hydrogens (primary N) is 1. The van der Waals surface area contributed by atoms with E-state index in [0.717, 1.165) is 5.56 Å². The Kier molecular flexibility index (Phi) is 9.51. The van der Waals surface area contributed by atoms with E-state index >= 15 is 0 Å². The number of alkyl carbamates (subject to hydrolysis) is 1. The largest absolute Gasteiger partial charge is 0.445 e. The predicted octanol–water partition coefficient (Wildman–Crippen LogP) is 1.85. The van der Waals surface area contributed by atoms with E-state index in [4.69, 9.17) is 15.7 Å². The van der Waals surface area contributed by atoms with Crippen molar-refractivity contribution in [3.8, 4) is 6.07 Å². The first-order valence-electron chi connectivity index (χ1n) is 9.19. The highest BCUT2D eigenvalue weighted by Crippen LogP contribution is 2.09. The van der Waals surface area contributed by atoms with E-state index in [1.165, 1.54) is 0 Å². The SMILES string of the molecule is CC(C)C[C@H](NC(=O)OCc1ccccc1)C(=O)N[C@H](C[C@@H](C)C#N)C(N)=O. The van der Waals surface area contributed by atoms with Crippen LogP contribution in [-0.2, 0) is 20.9 Å². The smallest absolute Gasteiger partial charge is 0.408 e. The summed E-state index contributed by atoms with van der Waals surface area (Å²) in [4.78, 5) is 36.3. The van der Waals surface area contributed by atoms with Crippen LogP contribution >= 0.6 is 0 Å². The van der Waals surface area contributed by atoms with Gasteiger partial charge in [0.1, 0.15) is 18.7 Å². The number of nitrogens with zero attached hydrogens (tertiary/aromatic N) is 1. The Morgan fingerprint density at radius 1 is 1.07 bits per heavy atom. The first-order chi connectivity index (χ1) is 13.2. The number of carbonyl (C=O) groups is 3. The minimum Gasteiger partial charge on any atom is -0.445 e. The molecule has 0 unspecified atom stereocenters. The molecule has 1 aromatic rings. The first kappa shape index (κ1) is 23.0. The minimum atomic E-state index is -0.987. The molecule has 0 spiro atoms. The lowest BCUT2D eigenvalue weighted by Gasteiger charge is -2.23. The molecular weight excluding hydrogens is 360 g/mol. The molecule has 0 aliphatic carbocycles. The molecule has 152 valence electrons. The lowest BCUT2D eigenvalue weighted by Crippen LogP contribution is -2.53. The van der Waals surface area contributed by atoms with E-state index < -0.39 is 35.9 Å². The van der Waals surface area contributed by atoms with Gasteiger partial charge in [0, 0.05) is 5.92 Å². The predicted molar refractivity (Wildman–Crippen MR) is 104 cm³/mol. The van der Waals surface area contributed by atoms with Gasteiger partial charge in [0.15, 0.2) is 0 Å². The van der Waals surface area contributed by atoms with Crippen molar-refractivity contribution in [1.82, 2.24) is 10.6 Å². The van der Waals surface area contributed by atoms with Crippen LogP contribution in [0.25, 0.3) is 0 Å². The second-order valence-corrected chi connectivity index (χ2v) is 7.12. The van der Waals surface area contributed by atoms with E-state index in [2.05, 4.69) is 10.6 Å². The average Bonchev–Trinajstić information content (AvgIpc) is 2.65. The van der Waals surface area contributed by atoms with Crippen LogP contribution in [0.2, 0.25) is 0 Å². The molecule has 0 saturated heterocycles. The molecular formula is C20H28N4O4. The first-order valence-corrected chi connectivity index (χ1v) is 9.19. The maximum Gasteiger partial charge on any atom is 0.408 e. The van der Waals surface area contributed by atoms with Crippen molar-refractivity contribution in [1.29, 1.82) is 5.26 Å². The molecule has 0 aliphatic rings. The molecule has 0 aliphatic heterocycles. The van der Waals surface area contributed by atoms with Gasteiger partial charge in [-0.05, 0) is 31.2 Å². The zero-order chi connectivity index (χ0) is 21.1. The number of hydrogen-bond donors (Lipinski definition) is 3. The van der Waals surface area contributed by atoms with Crippen LogP contribution in [0.3, 0.4) is 0 Å². The van der Waals surface area contributed by atoms with Gasteiger partial charge in [0.2, 0.25) is 11.8 Å². The van der Waals surface area contributed by atoms with Crippen molar-refractivity contribution in [2.45, 2.75) is 52.3 Å². The molecule has 0 fully saturated rings. The monoisotopic (exact) mass is 388 g/mol. The Hall–Kier alpha value is -3.08. The maximum atomic E-state index is 12.6. The Morgan fingerprint density at radius 2 is 1.71 bits per heavy atom. The summed E-state index contributed by atoms with van der Waals surface area (Å²) in [5.41, 5.74) is 6.15. The Labute approximate surface area is 165 Å². The van der Waals surface area contributed by atoms with Gasteiger partial charge in [0.25, 0.3) is 0 Å². The number of benzene rings is 1. The van der Waals surface area contributed by atoms with Crippen molar-refractivity contribution >= 4 is 17.9 Å². The van der Waals surface area contributed by atoms with Crippen molar-refractivity contribution < 1.29 is 19.1 Å². The van der Waals surface area contributed by atoms with Crippen LogP contribution in [0.5, 0.6) is 0 Å². The molecule has 0 aromatic heterocycles. The van der Waals surface area contributed by atoms with E-state index in [-0.39, 0.29) is 18.9 Å². The van der Waals surface area contributed by atoms with Crippen LogP contribution in [0.15, 0.2) is 30.3 Å². The third-order valence-electron chi connectivity index (χ3n) is 4.00. The molecule has 0 bridgehead atoms. The van der Waals surface area contributed by atoms with Gasteiger partial charge in [-0.3, -0.25) is 9.59 Å². The second-order valence-electron chi connectivity index (χ2n) is 7.12. The fourth-order valence-corrected chi connectivity index (χ4v) is 2.53. The topological polar surface area (TPSA) is 134 Å². The van der Waals surface area contributed by atoms with Gasteiger partial charge in [0.05, 0.1) is 6.07 Å². The zero-order valence-electron chi connectivity index (χ0n) is 16.5. The van der Waals surface area contributed by atoms with Gasteiger partial charge >= 0.3 is 6.09 Å². The molecule has 0 saturated carbocycles. The molecule has 1 rings (SSSR count). The molecule has 8 nitrogen and oxygen atoms in total. The summed E-state index contributed by atoms with van der Waals surface area (Å²) in [6.07, 6.45) is -0.277. The highest BCUT2D eigenvalue weighted by molar-refractivity contribution is 5.90. The van der Waals surface area contributed by atoms with Crippen molar-refractivity contribution in [2.75, 3.05) is 0 Å². The van der Waals surface area contributed by atoms with Gasteiger partial charge in [-0.15, -0.1) is 0 Å². The summed E-state index contributed by atoms with van der Waals surface area (Å²) < 4.78 is 5.16. The van der Waals surface area contributed by atoms with Crippen molar-refractivity contribution in [3.05, 3.63) is 35.9 Å². The normalized spacial score (nSPS) is 13.7. The zero-order valence-corrected chi connectivity index (χ0v) is 16.5. The number of nitrogens with one attached hydrogen (secondary N) is 2. The minimum absolute atomic E-state index is 0.0757.